The number of aliphatic hydroxyl groups is 1. The van der Waals surface area contributed by atoms with E-state index in [-0.39, 0.29) is 25.0 Å². The van der Waals surface area contributed by atoms with Crippen molar-refractivity contribution in [1.29, 1.82) is 0 Å². The Kier molecular flexibility index (Phi) is 3.16. The second-order valence-corrected chi connectivity index (χ2v) is 6.28. The monoisotopic (exact) mass is 269 g/mol. The Hall–Kier alpha value is -1.10. The number of carbonyl (C=O) groups excluding carboxylic acids is 2. The Morgan fingerprint density at radius 3 is 2.37 bits per heavy atom. The van der Waals surface area contributed by atoms with Gasteiger partial charge in [-0.05, 0) is 26.7 Å². The molecule has 2 rings (SSSR count). The molecule has 0 aromatic carbocycles. The summed E-state index contributed by atoms with van der Waals surface area (Å²) in [5, 5.41) is 9.06. The van der Waals surface area contributed by atoms with Crippen molar-refractivity contribution in [2.45, 2.75) is 46.1 Å². The highest BCUT2D eigenvalue weighted by Crippen LogP contribution is 2.65. The van der Waals surface area contributed by atoms with Gasteiger partial charge in [0.25, 0.3) is 5.91 Å². The number of ether oxygens (including phenoxy) is 1. The number of carbonyl (C=O) groups is 2. The fourth-order valence-corrected chi connectivity index (χ4v) is 3.50. The normalized spacial score (nSPS) is 35.3. The van der Waals surface area contributed by atoms with Crippen LogP contribution in [0.1, 0.15) is 40.5 Å². The first kappa shape index (κ1) is 14.3. The molecule has 2 atom stereocenters. The van der Waals surface area contributed by atoms with Crippen molar-refractivity contribution < 1.29 is 19.4 Å². The smallest absolute Gasteiger partial charge is 0.313 e. The van der Waals surface area contributed by atoms with Gasteiger partial charge in [0, 0.05) is 18.5 Å². The minimum Gasteiger partial charge on any atom is -0.448 e. The average Bonchev–Trinajstić information content (AvgIpc) is 2.65. The van der Waals surface area contributed by atoms with Crippen LogP contribution in [0.15, 0.2) is 0 Å². The fourth-order valence-electron chi connectivity index (χ4n) is 3.50. The summed E-state index contributed by atoms with van der Waals surface area (Å²) in [7, 11) is 0. The quantitative estimate of drug-likeness (QED) is 0.772. The van der Waals surface area contributed by atoms with Gasteiger partial charge in [-0.15, -0.1) is 0 Å². The van der Waals surface area contributed by atoms with Gasteiger partial charge in [0.1, 0.15) is 0 Å². The van der Waals surface area contributed by atoms with Crippen LogP contribution in [-0.4, -0.2) is 47.2 Å². The number of nitrogens with zero attached hydrogens (tertiary/aromatic N) is 1. The summed E-state index contributed by atoms with van der Waals surface area (Å²) in [6.45, 7) is 8.33. The maximum atomic E-state index is 12.8. The van der Waals surface area contributed by atoms with Gasteiger partial charge in [-0.2, -0.15) is 0 Å². The van der Waals surface area contributed by atoms with Gasteiger partial charge in [-0.3, -0.25) is 9.59 Å². The van der Waals surface area contributed by atoms with Crippen LogP contribution in [0.3, 0.4) is 0 Å². The second-order valence-electron chi connectivity index (χ2n) is 6.28. The molecule has 1 amide bonds. The lowest BCUT2D eigenvalue weighted by Crippen LogP contribution is -2.55. The van der Waals surface area contributed by atoms with Crippen molar-refractivity contribution in [3.05, 3.63) is 0 Å². The largest absolute Gasteiger partial charge is 0.448 e. The summed E-state index contributed by atoms with van der Waals surface area (Å²) in [6, 6.07) is 0. The Morgan fingerprint density at radius 2 is 2.00 bits per heavy atom. The molecule has 1 saturated heterocycles. The van der Waals surface area contributed by atoms with Crippen molar-refractivity contribution in [2.75, 3.05) is 19.7 Å². The predicted molar refractivity (Wildman–Crippen MR) is 69.3 cm³/mol. The molecule has 0 aromatic rings. The predicted octanol–water partition coefficient (Wildman–Crippen LogP) is 0.949. The molecule has 5 nitrogen and oxygen atoms in total. The van der Waals surface area contributed by atoms with Gasteiger partial charge in [-0.1, -0.05) is 13.8 Å². The first-order chi connectivity index (χ1) is 8.77. The van der Waals surface area contributed by atoms with Gasteiger partial charge in [0.15, 0.2) is 5.60 Å². The van der Waals surface area contributed by atoms with Crippen LogP contribution < -0.4 is 0 Å². The molecular formula is C14H23NO4. The Morgan fingerprint density at radius 1 is 1.37 bits per heavy atom. The first-order valence-electron chi connectivity index (χ1n) is 6.90. The third-order valence-electron chi connectivity index (χ3n) is 5.47. The zero-order chi connectivity index (χ0) is 14.5. The summed E-state index contributed by atoms with van der Waals surface area (Å²) >= 11 is 0. The summed E-state index contributed by atoms with van der Waals surface area (Å²) < 4.78 is 5.55. The summed E-state index contributed by atoms with van der Waals surface area (Å²) in [6.07, 6.45) is 1.25. The molecule has 1 aliphatic carbocycles. The zero-order valence-electron chi connectivity index (χ0n) is 12.2. The molecule has 1 aliphatic heterocycles. The van der Waals surface area contributed by atoms with Gasteiger partial charge in [-0.25, -0.2) is 0 Å². The van der Waals surface area contributed by atoms with Crippen LogP contribution in [0.25, 0.3) is 0 Å². The maximum absolute atomic E-state index is 12.8. The molecule has 19 heavy (non-hydrogen) atoms. The van der Waals surface area contributed by atoms with E-state index in [1.807, 2.05) is 27.7 Å². The van der Waals surface area contributed by atoms with Gasteiger partial charge in [0.05, 0.1) is 12.0 Å². The van der Waals surface area contributed by atoms with E-state index in [9.17, 15) is 9.59 Å². The average molecular weight is 269 g/mol. The minimum atomic E-state index is -1.05. The van der Waals surface area contributed by atoms with Crippen LogP contribution in [0.5, 0.6) is 0 Å². The lowest BCUT2D eigenvalue weighted by atomic mass is 9.66. The number of fused-ring (bicyclic) bond motifs is 2. The van der Waals surface area contributed by atoms with Crippen molar-refractivity contribution in [3.8, 4) is 0 Å². The van der Waals surface area contributed by atoms with E-state index >= 15 is 0 Å². The number of aliphatic hydroxyl groups excluding tert-OH is 1. The minimum absolute atomic E-state index is 0.0820. The molecular weight excluding hydrogens is 246 g/mol. The van der Waals surface area contributed by atoms with Crippen molar-refractivity contribution in [1.82, 2.24) is 4.90 Å². The third kappa shape index (κ3) is 1.51. The van der Waals surface area contributed by atoms with Crippen LogP contribution in [0, 0.1) is 10.8 Å². The summed E-state index contributed by atoms with van der Waals surface area (Å²) in [5.41, 5.74) is -2.15. The molecule has 1 saturated carbocycles. The number of hydrogen-bond donors (Lipinski definition) is 1. The molecule has 0 spiro atoms. The number of likely N-dealkylation sites (N-methyl/N-ethyl adjacent to an activating group) is 1. The third-order valence-corrected chi connectivity index (χ3v) is 5.47. The van der Waals surface area contributed by atoms with Crippen LogP contribution in [0.4, 0.5) is 0 Å². The standard InChI is InChI=1S/C14H23NO4/c1-5-15(8-9-16)10(17)14-7-6-13(4,11(18)19-14)12(14,2)3/h16H,5-9H2,1-4H3. The molecule has 0 radical (unpaired) electrons. The van der Waals surface area contributed by atoms with E-state index in [4.69, 9.17) is 9.84 Å². The molecule has 0 aromatic heterocycles. The van der Waals surface area contributed by atoms with E-state index in [2.05, 4.69) is 0 Å². The van der Waals surface area contributed by atoms with Gasteiger partial charge in [0.2, 0.25) is 0 Å². The molecule has 2 fully saturated rings. The van der Waals surface area contributed by atoms with E-state index in [0.29, 0.717) is 19.4 Å². The molecule has 2 bridgehead atoms. The summed E-state index contributed by atoms with van der Waals surface area (Å²) in [5.74, 6) is -0.430. The molecule has 1 heterocycles. The number of hydrogen-bond acceptors (Lipinski definition) is 4. The van der Waals surface area contributed by atoms with Crippen molar-refractivity contribution in [2.24, 2.45) is 10.8 Å². The molecule has 2 aliphatic rings. The number of amides is 1. The Balaban J connectivity index is 2.39. The van der Waals surface area contributed by atoms with Crippen LogP contribution in [0.2, 0.25) is 0 Å². The Labute approximate surface area is 113 Å². The van der Waals surface area contributed by atoms with Gasteiger partial charge < -0.3 is 14.7 Å². The molecule has 1 N–H and O–H groups in total. The molecule has 5 heteroatoms. The van der Waals surface area contributed by atoms with Gasteiger partial charge >= 0.3 is 5.97 Å². The number of rotatable bonds is 4. The van der Waals surface area contributed by atoms with Crippen molar-refractivity contribution >= 4 is 11.9 Å². The number of esters is 1. The second kappa shape index (κ2) is 4.20. The molecule has 108 valence electrons. The highest BCUT2D eigenvalue weighted by molar-refractivity contribution is 5.96. The van der Waals surface area contributed by atoms with E-state index in [1.54, 1.807) is 4.90 Å². The highest BCUT2D eigenvalue weighted by Gasteiger charge is 2.76. The summed E-state index contributed by atoms with van der Waals surface area (Å²) in [4.78, 5) is 26.5. The maximum Gasteiger partial charge on any atom is 0.313 e. The SMILES string of the molecule is CCN(CCO)C(=O)C12CCC(C)(C(=O)O1)C2(C)C. The van der Waals surface area contributed by atoms with Crippen LogP contribution >= 0.6 is 0 Å². The van der Waals surface area contributed by atoms with Crippen molar-refractivity contribution in [3.63, 3.8) is 0 Å². The van der Waals surface area contributed by atoms with E-state index < -0.39 is 16.4 Å². The van der Waals surface area contributed by atoms with Crippen LogP contribution in [-0.2, 0) is 14.3 Å². The van der Waals surface area contributed by atoms with E-state index in [0.717, 1.165) is 0 Å². The van der Waals surface area contributed by atoms with E-state index in [1.165, 1.54) is 0 Å². The topological polar surface area (TPSA) is 66.8 Å². The Bertz CT molecular complexity index is 420. The lowest BCUT2D eigenvalue weighted by Gasteiger charge is -2.38. The fraction of sp³-hybridized carbons (Fsp3) is 0.857. The molecule has 2 unspecified atom stereocenters. The highest BCUT2D eigenvalue weighted by atomic mass is 16.6. The zero-order valence-corrected chi connectivity index (χ0v) is 12.2. The lowest BCUT2D eigenvalue weighted by molar-refractivity contribution is -0.174. The first-order valence-corrected chi connectivity index (χ1v) is 6.90.